The van der Waals surface area contributed by atoms with E-state index in [-0.39, 0.29) is 12.0 Å². The molecule has 0 aromatic rings. The smallest absolute Gasteiger partial charge is 0.269 e. The number of allylic oxidation sites excluding steroid dienone is 2. The lowest BCUT2D eigenvalue weighted by Gasteiger charge is -2.49. The van der Waals surface area contributed by atoms with Crippen LogP contribution in [-0.2, 0) is 9.63 Å². The van der Waals surface area contributed by atoms with E-state index in [1.54, 1.807) is 0 Å². The van der Waals surface area contributed by atoms with Crippen LogP contribution < -0.4 is 0 Å². The van der Waals surface area contributed by atoms with Crippen molar-refractivity contribution >= 4 is 5.91 Å². The molecule has 4 rings (SSSR count). The number of carbonyl (C=O) groups excluding carboxylic acids is 1. The lowest BCUT2D eigenvalue weighted by molar-refractivity contribution is -0.345. The molecule has 3 heterocycles. The average Bonchev–Trinajstić information content (AvgIpc) is 2.05. The molecule has 3 heteroatoms. The molecule has 3 aliphatic heterocycles. The van der Waals surface area contributed by atoms with Crippen LogP contribution in [0.25, 0.3) is 0 Å². The van der Waals surface area contributed by atoms with Gasteiger partial charge in [0, 0.05) is 0 Å². The summed E-state index contributed by atoms with van der Waals surface area (Å²) in [5.74, 6) is 0.148. The van der Waals surface area contributed by atoms with Crippen LogP contribution in [-0.4, -0.2) is 23.6 Å². The van der Waals surface area contributed by atoms with E-state index in [1.807, 2.05) is 0 Å². The van der Waals surface area contributed by atoms with Crippen LogP contribution in [0.15, 0.2) is 12.2 Å². The number of β-lactam (4-membered cyclic amide) rings is 1. The Morgan fingerprint density at radius 2 is 1.75 bits per heavy atom. The highest BCUT2D eigenvalue weighted by Crippen LogP contribution is 2.27. The molecule has 0 spiro atoms. The number of amides is 1. The molecule has 0 aromatic carbocycles. The fourth-order valence-electron chi connectivity index (χ4n) is 1.32. The van der Waals surface area contributed by atoms with Crippen LogP contribution in [0, 0.1) is 0 Å². The van der Waals surface area contributed by atoms with E-state index in [0.717, 1.165) is 6.54 Å². The van der Waals surface area contributed by atoms with Crippen molar-refractivity contribution in [2.45, 2.75) is 31.8 Å². The zero-order chi connectivity index (χ0) is 8.39. The maximum atomic E-state index is 10.1. The molecule has 1 atom stereocenters. The van der Waals surface area contributed by atoms with Crippen molar-refractivity contribution in [3.05, 3.63) is 12.2 Å². The van der Waals surface area contributed by atoms with Gasteiger partial charge in [0.05, 0.1) is 6.54 Å². The van der Waals surface area contributed by atoms with Crippen LogP contribution in [0.4, 0.5) is 0 Å². The topological polar surface area (TPSA) is 29.5 Å². The molecule has 3 nitrogen and oxygen atoms in total. The summed E-state index contributed by atoms with van der Waals surface area (Å²) < 4.78 is 0. The van der Waals surface area contributed by atoms with E-state index in [2.05, 4.69) is 17.0 Å². The highest BCUT2D eigenvalue weighted by Gasteiger charge is 2.52. The van der Waals surface area contributed by atoms with Crippen LogP contribution in [0.5, 0.6) is 0 Å². The number of rotatable bonds is 0. The zero-order valence-electron chi connectivity index (χ0n) is 7.03. The molecule has 3 fully saturated rings. The van der Waals surface area contributed by atoms with Gasteiger partial charge < -0.3 is 0 Å². The van der Waals surface area contributed by atoms with Crippen molar-refractivity contribution < 1.29 is 9.63 Å². The normalized spacial score (nSPS) is 29.8. The molecule has 2 bridgehead atoms. The molecule has 0 saturated carbocycles. The minimum atomic E-state index is -0.0370. The monoisotopic (exact) mass is 167 g/mol. The van der Waals surface area contributed by atoms with Gasteiger partial charge in [-0.25, -0.2) is 5.06 Å². The average molecular weight is 167 g/mol. The summed E-state index contributed by atoms with van der Waals surface area (Å²) in [5, 5.41) is 1.35. The van der Waals surface area contributed by atoms with E-state index in [4.69, 9.17) is 0 Å². The van der Waals surface area contributed by atoms with Gasteiger partial charge >= 0.3 is 0 Å². The fourth-order valence-corrected chi connectivity index (χ4v) is 1.32. The maximum Gasteiger partial charge on any atom is 0.280 e. The van der Waals surface area contributed by atoms with Gasteiger partial charge in [-0.2, -0.15) is 0 Å². The first kappa shape index (κ1) is 7.80. The second kappa shape index (κ2) is 3.27. The SMILES string of the molecule is C1=CCCCC1.O=C1C2CN1O2. The second-order valence-electron chi connectivity index (χ2n) is 3.25. The molecule has 1 aliphatic carbocycles. The number of hydrogen-bond donors (Lipinski definition) is 0. The van der Waals surface area contributed by atoms with Gasteiger partial charge in [0.25, 0.3) is 5.91 Å². The summed E-state index contributed by atoms with van der Waals surface area (Å²) in [6, 6.07) is 0. The quantitative estimate of drug-likeness (QED) is 0.401. The molecule has 0 radical (unpaired) electrons. The largest absolute Gasteiger partial charge is 0.280 e. The Balaban J connectivity index is 0.0000000939. The van der Waals surface area contributed by atoms with Gasteiger partial charge in [-0.1, -0.05) is 12.2 Å². The van der Waals surface area contributed by atoms with E-state index in [9.17, 15) is 4.79 Å². The third-order valence-electron chi connectivity index (χ3n) is 2.27. The van der Waals surface area contributed by atoms with Gasteiger partial charge in [-0.15, -0.1) is 0 Å². The molecular weight excluding hydrogens is 154 g/mol. The predicted octanol–water partition coefficient (Wildman–Crippen LogP) is 1.26. The van der Waals surface area contributed by atoms with E-state index in [1.165, 1.54) is 30.7 Å². The van der Waals surface area contributed by atoms with Crippen molar-refractivity contribution in [3.63, 3.8) is 0 Å². The first-order valence-electron chi connectivity index (χ1n) is 4.51. The number of hydrogen-bond acceptors (Lipinski definition) is 2. The lowest BCUT2D eigenvalue weighted by atomic mass is 10.1. The first-order chi connectivity index (χ1) is 5.88. The van der Waals surface area contributed by atoms with Crippen LogP contribution >= 0.6 is 0 Å². The molecule has 0 N–H and O–H groups in total. The minimum absolute atomic E-state index is 0.0370. The molecular formula is C9H13NO2. The Bertz CT molecular complexity index is 189. The molecule has 1 unspecified atom stereocenters. The van der Waals surface area contributed by atoms with Crippen molar-refractivity contribution in [1.29, 1.82) is 0 Å². The highest BCUT2D eigenvalue weighted by atomic mass is 16.8. The molecule has 3 saturated heterocycles. The van der Waals surface area contributed by atoms with Gasteiger partial charge in [0.2, 0.25) is 0 Å². The molecule has 12 heavy (non-hydrogen) atoms. The summed E-state index contributed by atoms with van der Waals surface area (Å²) in [6.45, 7) is 0.832. The maximum absolute atomic E-state index is 10.1. The van der Waals surface area contributed by atoms with Crippen LogP contribution in [0.2, 0.25) is 0 Å². The summed E-state index contributed by atoms with van der Waals surface area (Å²) in [6.07, 6.45) is 9.96. The van der Waals surface area contributed by atoms with Crippen LogP contribution in [0.1, 0.15) is 25.7 Å². The molecule has 1 amide bonds. The minimum Gasteiger partial charge on any atom is -0.269 e. The number of nitrogens with zero attached hydrogens (tertiary/aromatic N) is 1. The zero-order valence-corrected chi connectivity index (χ0v) is 7.03. The van der Waals surface area contributed by atoms with Gasteiger partial charge in [0.15, 0.2) is 6.10 Å². The van der Waals surface area contributed by atoms with Gasteiger partial charge in [0.1, 0.15) is 0 Å². The van der Waals surface area contributed by atoms with Crippen molar-refractivity contribution in [2.75, 3.05) is 6.54 Å². The third kappa shape index (κ3) is 1.37. The Kier molecular flexibility index (Phi) is 2.13. The summed E-state index contributed by atoms with van der Waals surface area (Å²) in [5.41, 5.74) is 0. The predicted molar refractivity (Wildman–Crippen MR) is 44.2 cm³/mol. The van der Waals surface area contributed by atoms with E-state index < -0.39 is 0 Å². The highest BCUT2D eigenvalue weighted by molar-refractivity contribution is 5.89. The summed E-state index contributed by atoms with van der Waals surface area (Å²) in [4.78, 5) is 14.7. The summed E-state index contributed by atoms with van der Waals surface area (Å²) >= 11 is 0. The van der Waals surface area contributed by atoms with Crippen molar-refractivity contribution in [2.24, 2.45) is 0 Å². The Morgan fingerprint density at radius 3 is 1.83 bits per heavy atom. The Hall–Kier alpha value is -0.830. The van der Waals surface area contributed by atoms with Crippen molar-refractivity contribution in [1.82, 2.24) is 5.06 Å². The van der Waals surface area contributed by atoms with E-state index in [0.29, 0.717) is 0 Å². The fraction of sp³-hybridized carbons (Fsp3) is 0.667. The standard InChI is InChI=1S/C6H10.C3H3NO2/c1-2-4-6-5-3-1;5-3-2-1-4(3)6-2/h1-2H,3-6H2;2H,1H2. The molecule has 0 aromatic heterocycles. The van der Waals surface area contributed by atoms with Crippen molar-refractivity contribution in [3.8, 4) is 0 Å². The van der Waals surface area contributed by atoms with Gasteiger partial charge in [-0.3, -0.25) is 9.63 Å². The second-order valence-corrected chi connectivity index (χ2v) is 3.25. The lowest BCUT2D eigenvalue weighted by Crippen LogP contribution is -2.71. The number of carbonyl (C=O) groups is 1. The van der Waals surface area contributed by atoms with E-state index >= 15 is 0 Å². The number of hydroxylamine groups is 2. The van der Waals surface area contributed by atoms with Crippen LogP contribution in [0.3, 0.4) is 0 Å². The van der Waals surface area contributed by atoms with Gasteiger partial charge in [-0.05, 0) is 25.7 Å². The molecule has 66 valence electrons. The third-order valence-corrected chi connectivity index (χ3v) is 2.27. The Labute approximate surface area is 71.9 Å². The molecule has 4 aliphatic rings. The first-order valence-corrected chi connectivity index (χ1v) is 4.51. The Morgan fingerprint density at radius 1 is 1.33 bits per heavy atom. The summed E-state index contributed by atoms with van der Waals surface area (Å²) in [7, 11) is 0.